The van der Waals surface area contributed by atoms with Gasteiger partial charge in [0, 0.05) is 16.6 Å². The highest BCUT2D eigenvalue weighted by Crippen LogP contribution is 2.28. The van der Waals surface area contributed by atoms with Gasteiger partial charge in [0.05, 0.1) is 6.20 Å². The number of hydrogen-bond donors (Lipinski definition) is 1. The molecule has 0 aliphatic carbocycles. The van der Waals surface area contributed by atoms with Gasteiger partial charge in [-0.15, -0.1) is 0 Å². The van der Waals surface area contributed by atoms with Crippen molar-refractivity contribution in [3.8, 4) is 11.6 Å². The van der Waals surface area contributed by atoms with E-state index in [-0.39, 0.29) is 5.82 Å². The molecule has 0 saturated heterocycles. The van der Waals surface area contributed by atoms with E-state index in [4.69, 9.17) is 4.74 Å². The fourth-order valence-corrected chi connectivity index (χ4v) is 2.39. The Morgan fingerprint density at radius 3 is 2.86 bits per heavy atom. The molecule has 2 rings (SSSR count). The molecule has 0 bridgehead atoms. The van der Waals surface area contributed by atoms with Gasteiger partial charge in [-0.05, 0) is 49.7 Å². The van der Waals surface area contributed by atoms with Crippen LogP contribution in [0.15, 0.2) is 34.9 Å². The maximum Gasteiger partial charge on any atom is 0.223 e. The summed E-state index contributed by atoms with van der Waals surface area (Å²) in [5, 5.41) is 3.23. The van der Waals surface area contributed by atoms with Crippen LogP contribution >= 0.6 is 15.9 Å². The first-order valence-corrected chi connectivity index (χ1v) is 7.68. The molecule has 0 fully saturated rings. The number of nitrogens with one attached hydrogen (secondary N) is 1. The van der Waals surface area contributed by atoms with Crippen LogP contribution < -0.4 is 10.1 Å². The van der Waals surface area contributed by atoms with E-state index in [1.54, 1.807) is 0 Å². The monoisotopic (exact) mass is 352 g/mol. The van der Waals surface area contributed by atoms with Crippen molar-refractivity contribution in [3.05, 3.63) is 51.9 Å². The minimum absolute atomic E-state index is 0.358. The largest absolute Gasteiger partial charge is 0.438 e. The van der Waals surface area contributed by atoms with Crippen molar-refractivity contribution in [2.75, 3.05) is 6.54 Å². The van der Waals surface area contributed by atoms with Crippen LogP contribution in [0.2, 0.25) is 0 Å². The van der Waals surface area contributed by atoms with Crippen molar-refractivity contribution in [1.29, 1.82) is 0 Å². The highest BCUT2D eigenvalue weighted by atomic mass is 79.9. The topological polar surface area (TPSA) is 34.2 Å². The maximum atomic E-state index is 13.4. The number of rotatable bonds is 6. The normalized spacial score (nSPS) is 10.7. The van der Waals surface area contributed by atoms with Crippen molar-refractivity contribution in [2.45, 2.75) is 26.8 Å². The molecule has 112 valence electrons. The number of pyridine rings is 1. The molecular formula is C16H18BrFN2O. The van der Waals surface area contributed by atoms with E-state index < -0.39 is 0 Å². The summed E-state index contributed by atoms with van der Waals surface area (Å²) in [5.74, 6) is 0.794. The Kier molecular flexibility index (Phi) is 5.70. The van der Waals surface area contributed by atoms with Crippen LogP contribution in [0.1, 0.15) is 24.5 Å². The second-order valence-corrected chi connectivity index (χ2v) is 5.72. The highest BCUT2D eigenvalue weighted by Gasteiger charge is 2.10. The Morgan fingerprint density at radius 1 is 1.33 bits per heavy atom. The number of hydrogen-bond acceptors (Lipinski definition) is 3. The average Bonchev–Trinajstić information content (AvgIpc) is 2.44. The third-order valence-electron chi connectivity index (χ3n) is 2.98. The summed E-state index contributed by atoms with van der Waals surface area (Å²) in [6.45, 7) is 5.44. The number of nitrogens with zero attached hydrogens (tertiary/aromatic N) is 1. The number of ether oxygens (including phenoxy) is 1. The molecule has 0 aliphatic heterocycles. The first kappa shape index (κ1) is 15.9. The van der Waals surface area contributed by atoms with E-state index in [9.17, 15) is 4.39 Å². The lowest BCUT2D eigenvalue weighted by Gasteiger charge is -2.12. The molecule has 0 aliphatic rings. The van der Waals surface area contributed by atoms with Crippen LogP contribution in [0, 0.1) is 12.7 Å². The molecule has 5 heteroatoms. The van der Waals surface area contributed by atoms with Crippen molar-refractivity contribution in [1.82, 2.24) is 10.3 Å². The standard InChI is InChI=1S/C16H18BrFN2O/c1-3-6-19-9-12-8-14(18)10-20-16(12)21-15-5-4-13(17)7-11(15)2/h4-5,7-8,10,19H,3,6,9H2,1-2H3. The minimum atomic E-state index is -0.358. The van der Waals surface area contributed by atoms with Gasteiger partial charge in [0.15, 0.2) is 0 Å². The van der Waals surface area contributed by atoms with Gasteiger partial charge in [-0.2, -0.15) is 0 Å². The van der Waals surface area contributed by atoms with E-state index in [0.717, 1.165) is 23.0 Å². The Balaban J connectivity index is 2.22. The lowest BCUT2D eigenvalue weighted by atomic mass is 10.2. The summed E-state index contributed by atoms with van der Waals surface area (Å²) in [6.07, 6.45) is 2.19. The molecule has 3 nitrogen and oxygen atoms in total. The Bertz CT molecular complexity index is 619. The smallest absolute Gasteiger partial charge is 0.223 e. The Morgan fingerprint density at radius 2 is 2.14 bits per heavy atom. The van der Waals surface area contributed by atoms with E-state index in [0.29, 0.717) is 23.7 Å². The zero-order chi connectivity index (χ0) is 15.2. The molecule has 1 aromatic carbocycles. The van der Waals surface area contributed by atoms with Crippen LogP contribution in [0.4, 0.5) is 4.39 Å². The van der Waals surface area contributed by atoms with Gasteiger partial charge in [-0.3, -0.25) is 0 Å². The summed E-state index contributed by atoms with van der Waals surface area (Å²) in [5.41, 5.74) is 1.70. The fourth-order valence-electron chi connectivity index (χ4n) is 1.92. The summed E-state index contributed by atoms with van der Waals surface area (Å²) in [6, 6.07) is 7.20. The minimum Gasteiger partial charge on any atom is -0.438 e. The molecule has 21 heavy (non-hydrogen) atoms. The van der Waals surface area contributed by atoms with Crippen molar-refractivity contribution in [2.24, 2.45) is 0 Å². The Hall–Kier alpha value is -1.46. The molecule has 1 heterocycles. The molecule has 0 atom stereocenters. The van der Waals surface area contributed by atoms with Gasteiger partial charge in [-0.25, -0.2) is 9.37 Å². The molecular weight excluding hydrogens is 335 g/mol. The highest BCUT2D eigenvalue weighted by molar-refractivity contribution is 9.10. The van der Waals surface area contributed by atoms with Gasteiger partial charge in [0.1, 0.15) is 11.6 Å². The lowest BCUT2D eigenvalue weighted by Crippen LogP contribution is -2.15. The predicted molar refractivity (Wildman–Crippen MR) is 85.1 cm³/mol. The van der Waals surface area contributed by atoms with E-state index in [1.165, 1.54) is 12.3 Å². The third kappa shape index (κ3) is 4.51. The average molecular weight is 353 g/mol. The second kappa shape index (κ2) is 7.52. The molecule has 0 saturated carbocycles. The van der Waals surface area contributed by atoms with Crippen LogP contribution in [-0.4, -0.2) is 11.5 Å². The first-order chi connectivity index (χ1) is 10.1. The van der Waals surface area contributed by atoms with Crippen LogP contribution in [-0.2, 0) is 6.54 Å². The van der Waals surface area contributed by atoms with Crippen molar-refractivity contribution >= 4 is 15.9 Å². The van der Waals surface area contributed by atoms with E-state index in [2.05, 4.69) is 33.2 Å². The molecule has 2 aromatic rings. The number of aryl methyl sites for hydroxylation is 1. The number of benzene rings is 1. The van der Waals surface area contributed by atoms with Gasteiger partial charge in [0.25, 0.3) is 0 Å². The van der Waals surface area contributed by atoms with E-state index in [1.807, 2.05) is 25.1 Å². The molecule has 0 amide bonds. The van der Waals surface area contributed by atoms with E-state index >= 15 is 0 Å². The van der Waals surface area contributed by atoms with Crippen molar-refractivity contribution < 1.29 is 9.13 Å². The zero-order valence-electron chi connectivity index (χ0n) is 12.1. The van der Waals surface area contributed by atoms with Crippen LogP contribution in [0.25, 0.3) is 0 Å². The molecule has 1 aromatic heterocycles. The molecule has 0 unspecified atom stereocenters. The van der Waals surface area contributed by atoms with Gasteiger partial charge >= 0.3 is 0 Å². The Labute approximate surface area is 132 Å². The summed E-state index contributed by atoms with van der Waals surface area (Å²) < 4.78 is 20.2. The quantitative estimate of drug-likeness (QED) is 0.772. The fraction of sp³-hybridized carbons (Fsp3) is 0.312. The zero-order valence-corrected chi connectivity index (χ0v) is 13.7. The van der Waals surface area contributed by atoms with Crippen LogP contribution in [0.5, 0.6) is 11.6 Å². The number of halogens is 2. The second-order valence-electron chi connectivity index (χ2n) is 4.81. The summed E-state index contributed by atoms with van der Waals surface area (Å²) in [4.78, 5) is 4.07. The van der Waals surface area contributed by atoms with Crippen molar-refractivity contribution in [3.63, 3.8) is 0 Å². The summed E-state index contributed by atoms with van der Waals surface area (Å²) >= 11 is 3.42. The predicted octanol–water partition coefficient (Wildman–Crippen LogP) is 4.58. The third-order valence-corrected chi connectivity index (χ3v) is 3.47. The molecule has 1 N–H and O–H groups in total. The molecule has 0 spiro atoms. The maximum absolute atomic E-state index is 13.4. The summed E-state index contributed by atoms with van der Waals surface area (Å²) in [7, 11) is 0. The SMILES string of the molecule is CCCNCc1cc(F)cnc1Oc1ccc(Br)cc1C. The number of aromatic nitrogens is 1. The van der Waals surface area contributed by atoms with Gasteiger partial charge < -0.3 is 10.1 Å². The first-order valence-electron chi connectivity index (χ1n) is 6.89. The lowest BCUT2D eigenvalue weighted by molar-refractivity contribution is 0.445. The van der Waals surface area contributed by atoms with Crippen LogP contribution in [0.3, 0.4) is 0 Å². The van der Waals surface area contributed by atoms with Gasteiger partial charge in [-0.1, -0.05) is 22.9 Å². The van der Waals surface area contributed by atoms with Gasteiger partial charge in [0.2, 0.25) is 5.88 Å². The molecule has 0 radical (unpaired) electrons.